The summed E-state index contributed by atoms with van der Waals surface area (Å²) >= 11 is 0. The van der Waals surface area contributed by atoms with Crippen molar-refractivity contribution in [2.75, 3.05) is 26.8 Å². The van der Waals surface area contributed by atoms with Crippen molar-refractivity contribution < 1.29 is 9.13 Å². The molecule has 0 unspecified atom stereocenters. The molecule has 0 aromatic heterocycles. The van der Waals surface area contributed by atoms with E-state index in [1.807, 2.05) is 0 Å². The lowest BCUT2D eigenvalue weighted by Crippen LogP contribution is -2.31. The van der Waals surface area contributed by atoms with E-state index in [-0.39, 0.29) is 5.92 Å². The Morgan fingerprint density at radius 1 is 1.55 bits per heavy atom. The molecule has 2 nitrogen and oxygen atoms in total. The largest absolute Gasteiger partial charge is 0.381 e. The van der Waals surface area contributed by atoms with Crippen LogP contribution >= 0.6 is 0 Å². The van der Waals surface area contributed by atoms with Gasteiger partial charge in [0.25, 0.3) is 0 Å². The van der Waals surface area contributed by atoms with Gasteiger partial charge in [0, 0.05) is 19.8 Å². The topological polar surface area (TPSA) is 21.3 Å². The maximum atomic E-state index is 13.2. The Bertz CT molecular complexity index is 104. The highest BCUT2D eigenvalue weighted by Crippen LogP contribution is 2.20. The quantitative estimate of drug-likeness (QED) is 0.666. The summed E-state index contributed by atoms with van der Waals surface area (Å²) in [6.45, 7) is 1.94. The molecule has 11 heavy (non-hydrogen) atoms. The number of rotatable bonds is 3. The summed E-state index contributed by atoms with van der Waals surface area (Å²) in [5.74, 6) is 0.219. The van der Waals surface area contributed by atoms with Gasteiger partial charge >= 0.3 is 0 Å². The van der Waals surface area contributed by atoms with Crippen LogP contribution in [-0.2, 0) is 4.74 Å². The van der Waals surface area contributed by atoms with Gasteiger partial charge in [-0.25, -0.2) is 4.39 Å². The van der Waals surface area contributed by atoms with Gasteiger partial charge < -0.3 is 10.1 Å². The van der Waals surface area contributed by atoms with Crippen molar-refractivity contribution in [1.82, 2.24) is 5.32 Å². The van der Waals surface area contributed by atoms with Crippen LogP contribution in [0.2, 0.25) is 0 Å². The van der Waals surface area contributed by atoms with E-state index in [0.29, 0.717) is 6.54 Å². The zero-order valence-corrected chi connectivity index (χ0v) is 6.98. The van der Waals surface area contributed by atoms with Crippen molar-refractivity contribution in [3.63, 3.8) is 0 Å². The fraction of sp³-hybridized carbons (Fsp3) is 1.00. The normalized spacial score (nSPS) is 23.5. The van der Waals surface area contributed by atoms with E-state index in [0.717, 1.165) is 26.1 Å². The summed E-state index contributed by atoms with van der Waals surface area (Å²) in [4.78, 5) is 0. The van der Waals surface area contributed by atoms with Gasteiger partial charge in [-0.15, -0.1) is 0 Å². The van der Waals surface area contributed by atoms with Crippen LogP contribution in [0.4, 0.5) is 4.39 Å². The highest BCUT2D eigenvalue weighted by molar-refractivity contribution is 4.73. The van der Waals surface area contributed by atoms with Gasteiger partial charge in [-0.3, -0.25) is 0 Å². The minimum atomic E-state index is -0.691. The Hall–Kier alpha value is -0.150. The number of ether oxygens (including phenoxy) is 1. The molecule has 1 aliphatic rings. The number of hydrogen-bond acceptors (Lipinski definition) is 2. The van der Waals surface area contributed by atoms with Gasteiger partial charge in [-0.05, 0) is 25.8 Å². The van der Waals surface area contributed by atoms with Crippen LogP contribution in [0.15, 0.2) is 0 Å². The number of nitrogens with one attached hydrogen (secondary N) is 1. The van der Waals surface area contributed by atoms with E-state index in [9.17, 15) is 4.39 Å². The minimum Gasteiger partial charge on any atom is -0.381 e. The van der Waals surface area contributed by atoms with Crippen LogP contribution in [-0.4, -0.2) is 33.0 Å². The van der Waals surface area contributed by atoms with Crippen molar-refractivity contribution in [1.29, 1.82) is 0 Å². The van der Waals surface area contributed by atoms with E-state index in [1.54, 1.807) is 7.05 Å². The van der Waals surface area contributed by atoms with E-state index in [2.05, 4.69) is 5.32 Å². The second-order valence-electron chi connectivity index (χ2n) is 3.02. The summed E-state index contributed by atoms with van der Waals surface area (Å²) in [7, 11) is 1.78. The molecule has 0 aliphatic carbocycles. The first kappa shape index (κ1) is 8.94. The molecule has 0 aromatic rings. The SMILES string of the molecule is CNC[C@H](F)C1CCOCC1. The average molecular weight is 161 g/mol. The van der Waals surface area contributed by atoms with Crippen LogP contribution in [0.3, 0.4) is 0 Å². The Kier molecular flexibility index (Phi) is 3.80. The lowest BCUT2D eigenvalue weighted by atomic mass is 9.95. The van der Waals surface area contributed by atoms with Crippen LogP contribution in [0.1, 0.15) is 12.8 Å². The minimum absolute atomic E-state index is 0.219. The zero-order chi connectivity index (χ0) is 8.10. The van der Waals surface area contributed by atoms with Gasteiger partial charge in [-0.1, -0.05) is 0 Å². The Morgan fingerprint density at radius 3 is 2.73 bits per heavy atom. The third kappa shape index (κ3) is 2.75. The first-order valence-electron chi connectivity index (χ1n) is 4.21. The van der Waals surface area contributed by atoms with Crippen molar-refractivity contribution in [2.24, 2.45) is 5.92 Å². The summed E-state index contributed by atoms with van der Waals surface area (Å²) < 4.78 is 18.3. The molecule has 0 amide bonds. The molecular formula is C8H16FNO. The third-order valence-corrected chi connectivity index (χ3v) is 2.18. The molecule has 1 heterocycles. The molecule has 0 radical (unpaired) electrons. The maximum Gasteiger partial charge on any atom is 0.115 e. The van der Waals surface area contributed by atoms with Gasteiger partial charge in [0.15, 0.2) is 0 Å². The Labute approximate surface area is 67.1 Å². The highest BCUT2D eigenvalue weighted by Gasteiger charge is 2.22. The molecular weight excluding hydrogens is 145 g/mol. The van der Waals surface area contributed by atoms with Gasteiger partial charge in [-0.2, -0.15) is 0 Å². The molecule has 1 N–H and O–H groups in total. The third-order valence-electron chi connectivity index (χ3n) is 2.18. The van der Waals surface area contributed by atoms with Crippen LogP contribution in [0.25, 0.3) is 0 Å². The fourth-order valence-electron chi connectivity index (χ4n) is 1.44. The summed E-state index contributed by atoms with van der Waals surface area (Å²) in [6.07, 6.45) is 1.06. The number of halogens is 1. The predicted molar refractivity (Wildman–Crippen MR) is 42.4 cm³/mol. The average Bonchev–Trinajstić information content (AvgIpc) is 2.07. The van der Waals surface area contributed by atoms with Crippen LogP contribution in [0.5, 0.6) is 0 Å². The van der Waals surface area contributed by atoms with E-state index < -0.39 is 6.17 Å². The van der Waals surface area contributed by atoms with Crippen LogP contribution in [0, 0.1) is 5.92 Å². The first-order chi connectivity index (χ1) is 5.34. The predicted octanol–water partition coefficient (Wildman–Crippen LogP) is 0.970. The number of alkyl halides is 1. The summed E-state index contributed by atoms with van der Waals surface area (Å²) in [6, 6.07) is 0. The smallest absolute Gasteiger partial charge is 0.115 e. The van der Waals surface area contributed by atoms with Crippen LogP contribution < -0.4 is 5.32 Å². The molecule has 0 bridgehead atoms. The van der Waals surface area contributed by atoms with Gasteiger partial charge in [0.1, 0.15) is 6.17 Å². The molecule has 1 aliphatic heterocycles. The highest BCUT2D eigenvalue weighted by atomic mass is 19.1. The molecule has 1 rings (SSSR count). The lowest BCUT2D eigenvalue weighted by molar-refractivity contribution is 0.0374. The van der Waals surface area contributed by atoms with Gasteiger partial charge in [0.2, 0.25) is 0 Å². The molecule has 1 atom stereocenters. The monoisotopic (exact) mass is 161 g/mol. The zero-order valence-electron chi connectivity index (χ0n) is 6.98. The van der Waals surface area contributed by atoms with Gasteiger partial charge in [0.05, 0.1) is 0 Å². The maximum absolute atomic E-state index is 13.2. The molecule has 66 valence electrons. The molecule has 0 aromatic carbocycles. The molecule has 0 spiro atoms. The van der Waals surface area contributed by atoms with Crippen molar-refractivity contribution in [3.8, 4) is 0 Å². The lowest BCUT2D eigenvalue weighted by Gasteiger charge is -2.24. The van der Waals surface area contributed by atoms with E-state index in [4.69, 9.17) is 4.74 Å². The van der Waals surface area contributed by atoms with Crippen molar-refractivity contribution >= 4 is 0 Å². The van der Waals surface area contributed by atoms with E-state index >= 15 is 0 Å². The molecule has 1 fully saturated rings. The second kappa shape index (κ2) is 4.67. The van der Waals surface area contributed by atoms with Crippen molar-refractivity contribution in [3.05, 3.63) is 0 Å². The Balaban J connectivity index is 2.21. The van der Waals surface area contributed by atoms with Crippen molar-refractivity contribution in [2.45, 2.75) is 19.0 Å². The second-order valence-corrected chi connectivity index (χ2v) is 3.02. The summed E-state index contributed by atoms with van der Waals surface area (Å²) in [5.41, 5.74) is 0. The number of hydrogen-bond donors (Lipinski definition) is 1. The molecule has 1 saturated heterocycles. The Morgan fingerprint density at radius 2 is 2.18 bits per heavy atom. The molecule has 0 saturated carbocycles. The van der Waals surface area contributed by atoms with E-state index in [1.165, 1.54) is 0 Å². The molecule has 3 heteroatoms. The summed E-state index contributed by atoms with van der Waals surface area (Å²) in [5, 5.41) is 2.85. The standard InChI is InChI=1S/C8H16FNO/c1-10-6-8(9)7-2-4-11-5-3-7/h7-8,10H,2-6H2,1H3/t8-/m0/s1. The fourth-order valence-corrected chi connectivity index (χ4v) is 1.44. The first-order valence-corrected chi connectivity index (χ1v) is 4.21.